The number of hydrazone groups is 1. The maximum absolute atomic E-state index is 13.5. The minimum absolute atomic E-state index is 0.346. The van der Waals surface area contributed by atoms with Crippen molar-refractivity contribution in [3.8, 4) is 0 Å². The van der Waals surface area contributed by atoms with Crippen LogP contribution in [0.1, 0.15) is 17.0 Å². The fourth-order valence-corrected chi connectivity index (χ4v) is 1.87. The molecule has 0 spiro atoms. The Labute approximate surface area is 118 Å². The van der Waals surface area contributed by atoms with Gasteiger partial charge in [0.2, 0.25) is 5.95 Å². The van der Waals surface area contributed by atoms with Crippen molar-refractivity contribution in [1.29, 1.82) is 0 Å². The van der Waals surface area contributed by atoms with Gasteiger partial charge in [0.25, 0.3) is 0 Å². The highest BCUT2D eigenvalue weighted by atomic mass is 79.9. The summed E-state index contributed by atoms with van der Waals surface area (Å²) in [5.74, 6) is 0.0486. The van der Waals surface area contributed by atoms with E-state index in [1.165, 1.54) is 12.3 Å². The summed E-state index contributed by atoms with van der Waals surface area (Å²) in [6.45, 7) is 3.75. The number of aryl methyl sites for hydroxylation is 2. The number of benzene rings is 1. The third kappa shape index (κ3) is 3.82. The molecule has 0 aliphatic heterocycles. The smallest absolute Gasteiger partial charge is 0.243 e. The first-order chi connectivity index (χ1) is 9.04. The number of halogens is 2. The van der Waals surface area contributed by atoms with Gasteiger partial charge in [-0.2, -0.15) is 5.10 Å². The lowest BCUT2D eigenvalue weighted by atomic mass is 10.2. The predicted molar refractivity (Wildman–Crippen MR) is 76.8 cm³/mol. The minimum atomic E-state index is -0.346. The fraction of sp³-hybridized carbons (Fsp3) is 0.154. The first-order valence-corrected chi connectivity index (χ1v) is 6.40. The van der Waals surface area contributed by atoms with E-state index in [2.05, 4.69) is 36.4 Å². The van der Waals surface area contributed by atoms with Crippen LogP contribution in [0.15, 0.2) is 33.8 Å². The van der Waals surface area contributed by atoms with E-state index >= 15 is 0 Å². The molecule has 6 heteroatoms. The van der Waals surface area contributed by atoms with Crippen LogP contribution in [0.25, 0.3) is 0 Å². The summed E-state index contributed by atoms with van der Waals surface area (Å²) in [5.41, 5.74) is 4.77. The lowest BCUT2D eigenvalue weighted by Crippen LogP contribution is -2.00. The summed E-state index contributed by atoms with van der Waals surface area (Å²) in [6.07, 6.45) is 1.39. The molecule has 4 nitrogen and oxygen atoms in total. The van der Waals surface area contributed by atoms with E-state index in [9.17, 15) is 4.39 Å². The Hall–Kier alpha value is -1.82. The van der Waals surface area contributed by atoms with Crippen LogP contribution in [0.3, 0.4) is 0 Å². The molecule has 0 saturated heterocycles. The van der Waals surface area contributed by atoms with E-state index in [0.29, 0.717) is 16.0 Å². The molecule has 0 atom stereocenters. The van der Waals surface area contributed by atoms with Crippen LogP contribution in [0.2, 0.25) is 0 Å². The molecule has 98 valence electrons. The van der Waals surface area contributed by atoms with Crippen molar-refractivity contribution in [3.05, 3.63) is 51.5 Å². The van der Waals surface area contributed by atoms with Crippen LogP contribution in [0.5, 0.6) is 0 Å². The van der Waals surface area contributed by atoms with Crippen molar-refractivity contribution >= 4 is 28.1 Å². The zero-order valence-electron chi connectivity index (χ0n) is 10.5. The molecule has 0 saturated carbocycles. The minimum Gasteiger partial charge on any atom is -0.245 e. The highest BCUT2D eigenvalue weighted by molar-refractivity contribution is 9.10. The van der Waals surface area contributed by atoms with Crippen molar-refractivity contribution in [2.45, 2.75) is 13.8 Å². The van der Waals surface area contributed by atoms with Gasteiger partial charge in [-0.05, 0) is 38.1 Å². The third-order valence-electron chi connectivity index (χ3n) is 2.31. The Morgan fingerprint density at radius 1 is 1.21 bits per heavy atom. The lowest BCUT2D eigenvalue weighted by molar-refractivity contribution is 0.625. The van der Waals surface area contributed by atoms with Gasteiger partial charge in [0, 0.05) is 21.4 Å². The Bertz CT molecular complexity index is 608. The summed E-state index contributed by atoms with van der Waals surface area (Å²) >= 11 is 3.20. The van der Waals surface area contributed by atoms with Gasteiger partial charge in [0.05, 0.1) is 6.21 Å². The summed E-state index contributed by atoms with van der Waals surface area (Å²) in [5, 5.41) is 3.93. The van der Waals surface area contributed by atoms with Crippen LogP contribution in [0, 0.1) is 19.7 Å². The average molecular weight is 323 g/mol. The van der Waals surface area contributed by atoms with Gasteiger partial charge >= 0.3 is 0 Å². The van der Waals surface area contributed by atoms with Crippen LogP contribution in [-0.4, -0.2) is 16.2 Å². The molecule has 1 heterocycles. The summed E-state index contributed by atoms with van der Waals surface area (Å²) in [4.78, 5) is 8.33. The quantitative estimate of drug-likeness (QED) is 0.695. The highest BCUT2D eigenvalue weighted by Gasteiger charge is 2.00. The second-order valence-corrected chi connectivity index (χ2v) is 4.93. The van der Waals surface area contributed by atoms with Crippen molar-refractivity contribution in [2.75, 3.05) is 5.43 Å². The molecule has 0 fully saturated rings. The molecule has 0 unspecified atom stereocenters. The Kier molecular flexibility index (Phi) is 4.21. The molecular weight excluding hydrogens is 311 g/mol. The van der Waals surface area contributed by atoms with E-state index < -0.39 is 0 Å². The molecule has 0 amide bonds. The molecule has 19 heavy (non-hydrogen) atoms. The number of hydrogen-bond acceptors (Lipinski definition) is 4. The maximum atomic E-state index is 13.5. The Morgan fingerprint density at radius 3 is 2.53 bits per heavy atom. The number of anilines is 1. The fourth-order valence-electron chi connectivity index (χ4n) is 1.54. The number of aromatic nitrogens is 2. The van der Waals surface area contributed by atoms with Gasteiger partial charge in [0.1, 0.15) is 5.82 Å². The molecule has 1 aromatic heterocycles. The third-order valence-corrected chi connectivity index (χ3v) is 2.81. The van der Waals surface area contributed by atoms with E-state index in [1.54, 1.807) is 12.1 Å². The second-order valence-electron chi connectivity index (χ2n) is 4.01. The molecule has 1 aromatic carbocycles. The average Bonchev–Trinajstić information content (AvgIpc) is 2.30. The van der Waals surface area contributed by atoms with E-state index in [4.69, 9.17) is 0 Å². The van der Waals surface area contributed by atoms with Gasteiger partial charge in [0.15, 0.2) is 0 Å². The normalized spacial score (nSPS) is 10.9. The summed E-state index contributed by atoms with van der Waals surface area (Å²) < 4.78 is 14.2. The molecular formula is C13H12BrFN4. The molecule has 0 radical (unpaired) electrons. The lowest BCUT2D eigenvalue weighted by Gasteiger charge is -2.01. The van der Waals surface area contributed by atoms with Crippen molar-refractivity contribution in [2.24, 2.45) is 5.10 Å². The molecule has 0 aliphatic rings. The largest absolute Gasteiger partial charge is 0.245 e. The van der Waals surface area contributed by atoms with E-state index in [-0.39, 0.29) is 5.82 Å². The number of nitrogens with one attached hydrogen (secondary N) is 1. The van der Waals surface area contributed by atoms with Gasteiger partial charge in [-0.15, -0.1) is 0 Å². The van der Waals surface area contributed by atoms with Crippen LogP contribution < -0.4 is 5.43 Å². The number of nitrogens with zero attached hydrogens (tertiary/aromatic N) is 3. The van der Waals surface area contributed by atoms with E-state index in [0.717, 1.165) is 11.4 Å². The zero-order valence-corrected chi connectivity index (χ0v) is 12.1. The van der Waals surface area contributed by atoms with Gasteiger partial charge in [-0.3, -0.25) is 0 Å². The molecule has 0 aliphatic carbocycles. The molecule has 1 N–H and O–H groups in total. The molecule has 2 rings (SSSR count). The molecule has 0 bridgehead atoms. The number of hydrogen-bond donors (Lipinski definition) is 1. The SMILES string of the molecule is Cc1cc(C)nc(N/N=C\c2ccc(Br)cc2F)n1. The van der Waals surface area contributed by atoms with E-state index in [1.807, 2.05) is 19.9 Å². The standard InChI is InChI=1S/C13H12BrFN4/c1-8-5-9(2)18-13(17-8)19-16-7-10-3-4-11(14)6-12(10)15/h3-7H,1-2H3,(H,17,18,19)/b16-7-. The highest BCUT2D eigenvalue weighted by Crippen LogP contribution is 2.13. The van der Waals surface area contributed by atoms with Gasteiger partial charge in [-0.25, -0.2) is 19.8 Å². The second kappa shape index (κ2) is 5.88. The summed E-state index contributed by atoms with van der Waals surface area (Å²) in [6, 6.07) is 6.63. The van der Waals surface area contributed by atoms with Crippen molar-refractivity contribution in [1.82, 2.24) is 9.97 Å². The predicted octanol–water partition coefficient (Wildman–Crippen LogP) is 3.44. The number of rotatable bonds is 3. The zero-order chi connectivity index (χ0) is 13.8. The van der Waals surface area contributed by atoms with Crippen molar-refractivity contribution in [3.63, 3.8) is 0 Å². The Balaban J connectivity index is 2.11. The summed E-state index contributed by atoms with van der Waals surface area (Å²) in [7, 11) is 0. The van der Waals surface area contributed by atoms with Crippen LogP contribution in [-0.2, 0) is 0 Å². The topological polar surface area (TPSA) is 50.2 Å². The van der Waals surface area contributed by atoms with Gasteiger partial charge in [-0.1, -0.05) is 15.9 Å². The van der Waals surface area contributed by atoms with Crippen LogP contribution in [0.4, 0.5) is 10.3 Å². The van der Waals surface area contributed by atoms with Crippen molar-refractivity contribution < 1.29 is 4.39 Å². The maximum Gasteiger partial charge on any atom is 0.243 e. The Morgan fingerprint density at radius 2 is 1.89 bits per heavy atom. The first kappa shape index (κ1) is 13.6. The van der Waals surface area contributed by atoms with Crippen LogP contribution >= 0.6 is 15.9 Å². The molecule has 2 aromatic rings. The first-order valence-electron chi connectivity index (χ1n) is 5.61. The monoisotopic (exact) mass is 322 g/mol. The van der Waals surface area contributed by atoms with Gasteiger partial charge < -0.3 is 0 Å².